The van der Waals surface area contributed by atoms with Crippen LogP contribution in [0.15, 0.2) is 11.6 Å². The standard InChI is InChI=1S/C30H46O7S/c1-25(2)21-8-11-30(7)23(28(21,5)10-9-22(25)37-38(34,35)36)20(31)16-18-19-17-27(4,24(32)33)13-12-26(19,3)14-15-29(18,30)6/h16,19,21-23H,8-15,17H2,1-7H3,(H,32,33)(H,34,35,36)/t19-,21-,22-,23+,26+,27+,28-,29+,30+/m0/s1. The summed E-state index contributed by atoms with van der Waals surface area (Å²) in [7, 11) is -4.58. The number of carbonyl (C=O) groups is 2. The van der Waals surface area contributed by atoms with Crippen LogP contribution in [0.5, 0.6) is 0 Å². The van der Waals surface area contributed by atoms with Crippen LogP contribution in [-0.2, 0) is 24.2 Å². The van der Waals surface area contributed by atoms with Crippen molar-refractivity contribution in [2.24, 2.45) is 50.2 Å². The first kappa shape index (κ1) is 28.3. The van der Waals surface area contributed by atoms with Crippen LogP contribution in [0, 0.1) is 50.2 Å². The average Bonchev–Trinajstić information content (AvgIpc) is 2.77. The molecule has 38 heavy (non-hydrogen) atoms. The second-order valence-corrected chi connectivity index (χ2v) is 16.5. The Morgan fingerprint density at radius 1 is 0.947 bits per heavy atom. The Hall–Kier alpha value is -1.25. The summed E-state index contributed by atoms with van der Waals surface area (Å²) < 4.78 is 37.9. The van der Waals surface area contributed by atoms with E-state index in [9.17, 15) is 27.7 Å². The number of aliphatic carboxylic acids is 1. The molecule has 0 heterocycles. The predicted octanol–water partition coefficient (Wildman–Crippen LogP) is 6.24. The normalized spacial score (nSPS) is 50.1. The van der Waals surface area contributed by atoms with Crippen molar-refractivity contribution in [1.82, 2.24) is 0 Å². The number of carboxylic acid groups (broad SMARTS) is 1. The lowest BCUT2D eigenvalue weighted by Crippen LogP contribution is -2.66. The third-order valence-corrected chi connectivity index (χ3v) is 13.7. The maximum absolute atomic E-state index is 14.3. The lowest BCUT2D eigenvalue weighted by molar-refractivity contribution is -0.199. The van der Waals surface area contributed by atoms with Gasteiger partial charge in [-0.1, -0.05) is 47.1 Å². The average molecular weight is 551 g/mol. The minimum absolute atomic E-state index is 0.0120. The van der Waals surface area contributed by atoms with Crippen molar-refractivity contribution in [3.8, 4) is 0 Å². The smallest absolute Gasteiger partial charge is 0.397 e. The second kappa shape index (κ2) is 8.16. The molecule has 0 aliphatic heterocycles. The third-order valence-electron chi connectivity index (χ3n) is 13.3. The Kier molecular flexibility index (Phi) is 6.07. The van der Waals surface area contributed by atoms with Gasteiger partial charge in [0.2, 0.25) is 0 Å². The summed E-state index contributed by atoms with van der Waals surface area (Å²) in [5.74, 6) is -0.636. The van der Waals surface area contributed by atoms with Gasteiger partial charge in [-0.15, -0.1) is 0 Å². The monoisotopic (exact) mass is 550 g/mol. The van der Waals surface area contributed by atoms with Crippen molar-refractivity contribution in [2.45, 2.75) is 112 Å². The highest BCUT2D eigenvalue weighted by Crippen LogP contribution is 2.75. The van der Waals surface area contributed by atoms with Gasteiger partial charge in [-0.3, -0.25) is 14.1 Å². The van der Waals surface area contributed by atoms with Gasteiger partial charge in [-0.25, -0.2) is 4.18 Å². The van der Waals surface area contributed by atoms with Crippen molar-refractivity contribution in [2.75, 3.05) is 0 Å². The van der Waals surface area contributed by atoms with E-state index in [4.69, 9.17) is 4.18 Å². The molecule has 0 saturated heterocycles. The molecule has 214 valence electrons. The predicted molar refractivity (Wildman–Crippen MR) is 143 cm³/mol. The summed E-state index contributed by atoms with van der Waals surface area (Å²) in [4.78, 5) is 26.6. The maximum atomic E-state index is 14.3. The molecule has 2 N–H and O–H groups in total. The summed E-state index contributed by atoms with van der Waals surface area (Å²) in [5.41, 5.74) is -0.918. The van der Waals surface area contributed by atoms with Gasteiger partial charge in [-0.05, 0) is 110 Å². The molecule has 9 atom stereocenters. The molecule has 0 amide bonds. The molecule has 0 spiro atoms. The number of carbonyl (C=O) groups excluding carboxylic acids is 1. The minimum Gasteiger partial charge on any atom is -0.481 e. The van der Waals surface area contributed by atoms with Crippen LogP contribution >= 0.6 is 0 Å². The summed E-state index contributed by atoms with van der Waals surface area (Å²) in [5, 5.41) is 10.1. The van der Waals surface area contributed by atoms with Gasteiger partial charge in [0, 0.05) is 5.92 Å². The van der Waals surface area contributed by atoms with Gasteiger partial charge < -0.3 is 5.11 Å². The van der Waals surface area contributed by atoms with E-state index in [2.05, 4.69) is 27.7 Å². The number of carboxylic acids is 1. The molecule has 7 nitrogen and oxygen atoms in total. The topological polar surface area (TPSA) is 118 Å². The van der Waals surface area contributed by atoms with E-state index in [1.807, 2.05) is 26.8 Å². The van der Waals surface area contributed by atoms with Crippen molar-refractivity contribution in [1.29, 1.82) is 0 Å². The first-order chi connectivity index (χ1) is 17.2. The Morgan fingerprint density at radius 3 is 2.18 bits per heavy atom. The van der Waals surface area contributed by atoms with Gasteiger partial charge in [0.1, 0.15) is 0 Å². The zero-order valence-corrected chi connectivity index (χ0v) is 24.9. The van der Waals surface area contributed by atoms with Gasteiger partial charge in [-0.2, -0.15) is 8.42 Å². The Bertz CT molecular complexity index is 1200. The highest BCUT2D eigenvalue weighted by molar-refractivity contribution is 7.80. The molecule has 5 aliphatic rings. The number of hydrogen-bond donors (Lipinski definition) is 2. The van der Waals surface area contributed by atoms with Crippen LogP contribution in [0.3, 0.4) is 0 Å². The molecule has 0 bridgehead atoms. The van der Waals surface area contributed by atoms with E-state index >= 15 is 0 Å². The fourth-order valence-corrected chi connectivity index (χ4v) is 11.3. The van der Waals surface area contributed by atoms with Crippen molar-refractivity contribution in [3.63, 3.8) is 0 Å². The first-order valence-corrected chi connectivity index (χ1v) is 15.8. The SMILES string of the molecule is CC1(C)[C@@H](OS(=O)(=O)O)CC[C@]2(C)[C@H]3C(=O)C=C4[C@@H]5C[C@](C)(C(=O)O)CC[C@]5(C)CC[C@@]4(C)[C@]3(C)CC[C@@H]12. The summed E-state index contributed by atoms with van der Waals surface area (Å²) in [6.07, 6.45) is 8.27. The number of rotatable bonds is 3. The highest BCUT2D eigenvalue weighted by atomic mass is 32.3. The molecule has 4 fully saturated rings. The molecule has 0 unspecified atom stereocenters. The fraction of sp³-hybridized carbons (Fsp3) is 0.867. The lowest BCUT2D eigenvalue weighted by Gasteiger charge is -2.70. The molecule has 5 aliphatic carbocycles. The molecule has 5 rings (SSSR count). The van der Waals surface area contributed by atoms with E-state index in [1.165, 1.54) is 5.57 Å². The van der Waals surface area contributed by atoms with Crippen molar-refractivity contribution < 1.29 is 31.8 Å². The molecule has 0 aromatic heterocycles. The first-order valence-electron chi connectivity index (χ1n) is 14.4. The Morgan fingerprint density at radius 2 is 1.58 bits per heavy atom. The quantitative estimate of drug-likeness (QED) is 0.399. The fourth-order valence-electron chi connectivity index (χ4n) is 10.7. The zero-order valence-electron chi connectivity index (χ0n) is 24.1. The van der Waals surface area contributed by atoms with E-state index in [0.717, 1.165) is 32.1 Å². The molecular weight excluding hydrogens is 504 g/mol. The van der Waals surface area contributed by atoms with Crippen LogP contribution in [0.1, 0.15) is 106 Å². The van der Waals surface area contributed by atoms with Gasteiger partial charge in [0.05, 0.1) is 11.5 Å². The Balaban J connectivity index is 1.57. The molecular formula is C30H46O7S. The highest BCUT2D eigenvalue weighted by Gasteiger charge is 2.70. The van der Waals surface area contributed by atoms with Gasteiger partial charge in [0.25, 0.3) is 0 Å². The number of fused-ring (bicyclic) bond motifs is 7. The minimum atomic E-state index is -4.58. The molecule has 4 saturated carbocycles. The van der Waals surface area contributed by atoms with Crippen LogP contribution < -0.4 is 0 Å². The molecule has 8 heteroatoms. The zero-order chi connectivity index (χ0) is 28.3. The van der Waals surface area contributed by atoms with Gasteiger partial charge in [0.15, 0.2) is 5.78 Å². The third kappa shape index (κ3) is 3.68. The largest absolute Gasteiger partial charge is 0.481 e. The Labute approximate surface area is 228 Å². The van der Waals surface area contributed by atoms with E-state index in [-0.39, 0.29) is 45.2 Å². The number of hydrogen-bond acceptors (Lipinski definition) is 5. The van der Waals surface area contributed by atoms with Crippen LogP contribution in [-0.4, -0.2) is 35.9 Å². The van der Waals surface area contributed by atoms with Crippen molar-refractivity contribution >= 4 is 22.2 Å². The molecule has 0 aromatic carbocycles. The van der Waals surface area contributed by atoms with Crippen molar-refractivity contribution in [3.05, 3.63) is 11.6 Å². The van der Waals surface area contributed by atoms with Crippen LogP contribution in [0.4, 0.5) is 0 Å². The summed E-state index contributed by atoms with van der Waals surface area (Å²) in [6.45, 7) is 15.1. The van der Waals surface area contributed by atoms with Crippen LogP contribution in [0.2, 0.25) is 0 Å². The van der Waals surface area contributed by atoms with E-state index in [1.54, 1.807) is 0 Å². The van der Waals surface area contributed by atoms with E-state index < -0.39 is 33.3 Å². The maximum Gasteiger partial charge on any atom is 0.397 e. The van der Waals surface area contributed by atoms with E-state index in [0.29, 0.717) is 25.7 Å². The summed E-state index contributed by atoms with van der Waals surface area (Å²) >= 11 is 0. The molecule has 0 radical (unpaired) electrons. The molecule has 0 aromatic rings. The number of allylic oxidation sites excluding steroid dienone is 2. The lowest BCUT2D eigenvalue weighted by atomic mass is 9.33. The second-order valence-electron chi connectivity index (χ2n) is 15.4. The summed E-state index contributed by atoms with van der Waals surface area (Å²) in [6, 6.07) is 0. The number of ketones is 1. The van der Waals surface area contributed by atoms with Gasteiger partial charge >= 0.3 is 16.4 Å². The van der Waals surface area contributed by atoms with Crippen LogP contribution in [0.25, 0.3) is 0 Å².